The van der Waals surface area contributed by atoms with E-state index in [1.54, 1.807) is 0 Å². The molecular formula is C14H15O7PS. The van der Waals surface area contributed by atoms with Gasteiger partial charge in [0.25, 0.3) is 0 Å². The van der Waals surface area contributed by atoms with Crippen LogP contribution in [0.3, 0.4) is 0 Å². The summed E-state index contributed by atoms with van der Waals surface area (Å²) >= 11 is 0. The first-order valence-corrected chi connectivity index (χ1v) is 9.73. The van der Waals surface area contributed by atoms with Crippen LogP contribution in [0.4, 0.5) is 0 Å². The van der Waals surface area contributed by atoms with Gasteiger partial charge in [0.2, 0.25) is 9.84 Å². The van der Waals surface area contributed by atoms with Gasteiger partial charge < -0.3 is 19.6 Å². The third-order valence-corrected chi connectivity index (χ3v) is 5.55. The molecule has 0 radical (unpaired) electrons. The second-order valence-corrected chi connectivity index (χ2v) is 8.31. The average Bonchev–Trinajstić information content (AvgIpc) is 2.47. The number of benzene rings is 2. The normalized spacial score (nSPS) is 12.1. The van der Waals surface area contributed by atoms with Crippen molar-refractivity contribution in [3.8, 4) is 5.75 Å². The number of rotatable bonds is 6. The van der Waals surface area contributed by atoms with Gasteiger partial charge in [-0.3, -0.25) is 4.57 Å². The fourth-order valence-corrected chi connectivity index (χ4v) is 3.88. The molecule has 2 rings (SSSR count). The number of sulfone groups is 1. The SMILES string of the molecule is O=P(O)(O)Cc1ccc(S(=O)(=O)c2ccc(OCO)cc2)cc1. The molecule has 0 aromatic heterocycles. The fourth-order valence-electron chi connectivity index (χ4n) is 1.94. The Balaban J connectivity index is 2.27. The summed E-state index contributed by atoms with van der Waals surface area (Å²) in [6, 6.07) is 10.9. The molecule has 0 heterocycles. The highest BCUT2D eigenvalue weighted by molar-refractivity contribution is 7.91. The van der Waals surface area contributed by atoms with Gasteiger partial charge in [-0.15, -0.1) is 0 Å². The van der Waals surface area contributed by atoms with E-state index in [2.05, 4.69) is 0 Å². The van der Waals surface area contributed by atoms with E-state index in [9.17, 15) is 13.0 Å². The molecule has 3 N–H and O–H groups in total. The minimum absolute atomic E-state index is 0.0165. The number of aliphatic hydroxyl groups excluding tert-OH is 1. The highest BCUT2D eigenvalue weighted by Gasteiger charge is 2.19. The van der Waals surface area contributed by atoms with Crippen LogP contribution in [0.15, 0.2) is 58.3 Å². The van der Waals surface area contributed by atoms with E-state index in [1.165, 1.54) is 48.5 Å². The molecule has 23 heavy (non-hydrogen) atoms. The van der Waals surface area contributed by atoms with Gasteiger partial charge in [0.1, 0.15) is 5.75 Å². The molecule has 0 atom stereocenters. The molecule has 0 fully saturated rings. The Morgan fingerprint density at radius 2 is 1.39 bits per heavy atom. The first-order valence-electron chi connectivity index (χ1n) is 6.45. The first kappa shape index (κ1) is 17.7. The molecule has 7 nitrogen and oxygen atoms in total. The predicted octanol–water partition coefficient (Wildman–Crippen LogP) is 1.53. The van der Waals surface area contributed by atoms with E-state index in [-0.39, 0.29) is 9.79 Å². The topological polar surface area (TPSA) is 121 Å². The van der Waals surface area contributed by atoms with Crippen molar-refractivity contribution in [1.29, 1.82) is 0 Å². The molecule has 9 heteroatoms. The molecule has 0 aliphatic carbocycles. The van der Waals surface area contributed by atoms with Crippen LogP contribution < -0.4 is 4.74 Å². The Labute approximate surface area is 133 Å². The largest absolute Gasteiger partial charge is 0.468 e. The number of aliphatic hydroxyl groups is 1. The molecule has 0 aliphatic rings. The van der Waals surface area contributed by atoms with E-state index < -0.39 is 30.4 Å². The monoisotopic (exact) mass is 358 g/mol. The van der Waals surface area contributed by atoms with Crippen molar-refractivity contribution in [3.63, 3.8) is 0 Å². The summed E-state index contributed by atoms with van der Waals surface area (Å²) in [4.78, 5) is 17.9. The van der Waals surface area contributed by atoms with Gasteiger partial charge in [-0.2, -0.15) is 0 Å². The Bertz CT molecular complexity index is 807. The van der Waals surface area contributed by atoms with Crippen molar-refractivity contribution in [2.45, 2.75) is 16.0 Å². The van der Waals surface area contributed by atoms with Crippen molar-refractivity contribution in [1.82, 2.24) is 0 Å². The molecule has 0 amide bonds. The summed E-state index contributed by atoms with van der Waals surface area (Å²) < 4.78 is 40.7. The number of hydrogen-bond donors (Lipinski definition) is 3. The predicted molar refractivity (Wildman–Crippen MR) is 81.8 cm³/mol. The smallest absolute Gasteiger partial charge is 0.329 e. The summed E-state index contributed by atoms with van der Waals surface area (Å²) in [7, 11) is -7.94. The molecule has 0 unspecified atom stereocenters. The maximum atomic E-state index is 12.5. The van der Waals surface area contributed by atoms with Crippen LogP contribution in [0.25, 0.3) is 0 Å². The Kier molecular flexibility index (Phi) is 5.23. The van der Waals surface area contributed by atoms with E-state index in [0.717, 1.165) is 0 Å². The quantitative estimate of drug-likeness (QED) is 0.529. The zero-order chi connectivity index (χ0) is 17.1. The molecule has 124 valence electrons. The van der Waals surface area contributed by atoms with Crippen LogP contribution in [0.1, 0.15) is 5.56 Å². The average molecular weight is 358 g/mol. The Morgan fingerprint density at radius 3 is 1.83 bits per heavy atom. The van der Waals surface area contributed by atoms with Crippen LogP contribution in [-0.2, 0) is 20.6 Å². The Hall–Kier alpha value is -1.70. The Morgan fingerprint density at radius 1 is 0.913 bits per heavy atom. The lowest BCUT2D eigenvalue weighted by Crippen LogP contribution is -2.02. The van der Waals surface area contributed by atoms with Crippen molar-refractivity contribution in [3.05, 3.63) is 54.1 Å². The lowest BCUT2D eigenvalue weighted by molar-refractivity contribution is 0.0985. The lowest BCUT2D eigenvalue weighted by Gasteiger charge is -2.08. The van der Waals surface area contributed by atoms with Crippen LogP contribution in [0, 0.1) is 0 Å². The van der Waals surface area contributed by atoms with Gasteiger partial charge in [-0.05, 0) is 42.0 Å². The van der Waals surface area contributed by atoms with Crippen molar-refractivity contribution >= 4 is 17.4 Å². The van der Waals surface area contributed by atoms with E-state index >= 15 is 0 Å². The summed E-state index contributed by atoms with van der Waals surface area (Å²) in [5.74, 6) is 0.337. The van der Waals surface area contributed by atoms with Crippen molar-refractivity contribution in [2.24, 2.45) is 0 Å². The van der Waals surface area contributed by atoms with Gasteiger partial charge in [0.05, 0.1) is 16.0 Å². The molecule has 0 spiro atoms. The maximum absolute atomic E-state index is 12.5. The first-order chi connectivity index (χ1) is 10.7. The third kappa shape index (κ3) is 4.63. The van der Waals surface area contributed by atoms with Crippen molar-refractivity contribution < 1.29 is 32.6 Å². The molecule has 0 saturated heterocycles. The molecule has 0 saturated carbocycles. The summed E-state index contributed by atoms with van der Waals surface area (Å²) in [6.07, 6.45) is -0.444. The minimum atomic E-state index is -4.20. The van der Waals surface area contributed by atoms with E-state index in [4.69, 9.17) is 19.6 Å². The summed E-state index contributed by atoms with van der Waals surface area (Å²) in [6.45, 7) is -0.507. The van der Waals surface area contributed by atoms with Gasteiger partial charge in [-0.1, -0.05) is 12.1 Å². The van der Waals surface area contributed by atoms with Crippen LogP contribution in [0.2, 0.25) is 0 Å². The van der Waals surface area contributed by atoms with Gasteiger partial charge in [-0.25, -0.2) is 8.42 Å². The summed E-state index contributed by atoms with van der Waals surface area (Å²) in [5, 5.41) is 8.64. The standard InChI is InChI=1S/C14H15O7PS/c15-10-21-12-3-7-14(8-4-12)23(19,20)13-5-1-11(2-6-13)9-22(16,17)18/h1-8,15H,9-10H2,(H2,16,17,18). The number of hydrogen-bond acceptors (Lipinski definition) is 5. The highest BCUT2D eigenvalue weighted by Crippen LogP contribution is 2.39. The molecule has 2 aromatic rings. The van der Waals surface area contributed by atoms with Crippen LogP contribution >= 0.6 is 7.60 Å². The zero-order valence-electron chi connectivity index (χ0n) is 11.9. The second-order valence-electron chi connectivity index (χ2n) is 4.72. The number of ether oxygens (including phenoxy) is 1. The summed E-state index contributed by atoms with van der Waals surface area (Å²) in [5.41, 5.74) is 0.351. The van der Waals surface area contributed by atoms with Crippen molar-refractivity contribution in [2.75, 3.05) is 6.79 Å². The fraction of sp³-hybridized carbons (Fsp3) is 0.143. The molecule has 0 aliphatic heterocycles. The van der Waals surface area contributed by atoms with Gasteiger partial charge in [0, 0.05) is 0 Å². The van der Waals surface area contributed by atoms with Crippen LogP contribution in [-0.4, -0.2) is 30.1 Å². The highest BCUT2D eigenvalue weighted by atomic mass is 32.2. The maximum Gasteiger partial charge on any atom is 0.329 e. The second kappa shape index (κ2) is 6.82. The zero-order valence-corrected chi connectivity index (χ0v) is 13.6. The molecule has 0 bridgehead atoms. The van der Waals surface area contributed by atoms with E-state index in [1.807, 2.05) is 0 Å². The van der Waals surface area contributed by atoms with Gasteiger partial charge in [0.15, 0.2) is 6.79 Å². The minimum Gasteiger partial charge on any atom is -0.468 e. The van der Waals surface area contributed by atoms with E-state index in [0.29, 0.717) is 11.3 Å². The third-order valence-electron chi connectivity index (χ3n) is 2.99. The van der Waals surface area contributed by atoms with Gasteiger partial charge >= 0.3 is 7.60 Å². The van der Waals surface area contributed by atoms with Crippen LogP contribution in [0.5, 0.6) is 5.75 Å². The molecular weight excluding hydrogens is 343 g/mol. The molecule has 2 aromatic carbocycles. The lowest BCUT2D eigenvalue weighted by atomic mass is 10.2.